The van der Waals surface area contributed by atoms with Gasteiger partial charge in [0.1, 0.15) is 0 Å². The van der Waals surface area contributed by atoms with Gasteiger partial charge in [-0.25, -0.2) is 0 Å². The highest BCUT2D eigenvalue weighted by Gasteiger charge is 2.11. The van der Waals surface area contributed by atoms with Crippen LogP contribution in [-0.4, -0.2) is 0 Å². The quantitative estimate of drug-likeness (QED) is 0.0571. The molecule has 0 aliphatic heterocycles. The summed E-state index contributed by atoms with van der Waals surface area (Å²) in [4.78, 5) is 0. The fraction of sp³-hybridized carbons (Fsp3) is 0.920. The molecular formula is C75H144. The summed E-state index contributed by atoms with van der Waals surface area (Å²) in [6.07, 6.45) is 77.4. The average molecular weight is 1050 g/mol. The molecule has 0 radical (unpaired) electrons. The van der Waals surface area contributed by atoms with E-state index in [0.717, 1.165) is 41.4 Å². The first-order valence-corrected chi connectivity index (χ1v) is 35.7. The van der Waals surface area contributed by atoms with E-state index in [1.54, 1.807) is 0 Å². The van der Waals surface area contributed by atoms with E-state index in [9.17, 15) is 0 Å². The number of benzene rings is 1. The van der Waals surface area contributed by atoms with Crippen molar-refractivity contribution in [2.45, 2.75) is 403 Å². The highest BCUT2D eigenvalue weighted by Crippen LogP contribution is 2.27. The van der Waals surface area contributed by atoms with E-state index in [-0.39, 0.29) is 0 Å². The van der Waals surface area contributed by atoms with Crippen molar-refractivity contribution < 1.29 is 0 Å². The molecule has 0 amide bonds. The predicted molar refractivity (Wildman–Crippen MR) is 345 cm³/mol. The topological polar surface area (TPSA) is 0 Å². The van der Waals surface area contributed by atoms with Gasteiger partial charge in [-0.05, 0) is 71.8 Å². The van der Waals surface area contributed by atoms with Crippen molar-refractivity contribution in [1.82, 2.24) is 0 Å². The second-order valence-corrected chi connectivity index (χ2v) is 27.5. The van der Waals surface area contributed by atoms with Gasteiger partial charge < -0.3 is 0 Å². The normalized spacial score (nSPS) is 14.4. The van der Waals surface area contributed by atoms with Crippen LogP contribution in [0.5, 0.6) is 0 Å². The first-order chi connectivity index (χ1) is 36.6. The second kappa shape index (κ2) is 55.1. The molecular weight excluding hydrogens is 901 g/mol. The van der Waals surface area contributed by atoms with Crippen molar-refractivity contribution in [2.24, 2.45) is 41.4 Å². The predicted octanol–water partition coefficient (Wildman–Crippen LogP) is 27.2. The average Bonchev–Trinajstić information content (AvgIpc) is 3.40. The molecule has 6 atom stereocenters. The van der Waals surface area contributed by atoms with E-state index in [4.69, 9.17) is 0 Å². The van der Waals surface area contributed by atoms with Crippen LogP contribution < -0.4 is 0 Å². The van der Waals surface area contributed by atoms with Crippen molar-refractivity contribution in [2.75, 3.05) is 0 Å². The molecule has 0 heteroatoms. The Labute approximate surface area is 477 Å². The highest BCUT2D eigenvalue weighted by atomic mass is 14.2. The number of rotatable bonds is 60. The molecule has 0 heterocycles. The largest absolute Gasteiger partial charge is 0.0654 e. The Hall–Kier alpha value is -0.780. The molecule has 0 N–H and O–H groups in total. The lowest BCUT2D eigenvalue weighted by atomic mass is 9.89. The summed E-state index contributed by atoms with van der Waals surface area (Å²) < 4.78 is 0. The van der Waals surface area contributed by atoms with Crippen molar-refractivity contribution in [3.05, 3.63) is 35.4 Å². The van der Waals surface area contributed by atoms with E-state index in [2.05, 4.69) is 86.6 Å². The van der Waals surface area contributed by atoms with Gasteiger partial charge in [0, 0.05) is 0 Å². The summed E-state index contributed by atoms with van der Waals surface area (Å²) in [5.41, 5.74) is 3.04. The minimum Gasteiger partial charge on any atom is -0.0654 e. The molecule has 75 heavy (non-hydrogen) atoms. The monoisotopic (exact) mass is 1050 g/mol. The number of unbranched alkanes of at least 4 members (excludes halogenated alkanes) is 32. The van der Waals surface area contributed by atoms with Gasteiger partial charge >= 0.3 is 0 Å². The van der Waals surface area contributed by atoms with Crippen LogP contribution in [0.15, 0.2) is 24.3 Å². The van der Waals surface area contributed by atoms with E-state index >= 15 is 0 Å². The molecule has 0 saturated carbocycles. The van der Waals surface area contributed by atoms with Gasteiger partial charge in [-0.1, -0.05) is 408 Å². The number of hydrogen-bond donors (Lipinski definition) is 0. The van der Waals surface area contributed by atoms with Gasteiger partial charge in [0.25, 0.3) is 0 Å². The molecule has 1 aromatic rings. The van der Waals surface area contributed by atoms with E-state index in [1.807, 2.05) is 0 Å². The van der Waals surface area contributed by atoms with Crippen LogP contribution in [0.1, 0.15) is 401 Å². The standard InChI is InChI=1S/C75H144/c1-10-12-57-73(58-44-36-30-28-26-24-22-20-18-16-14-13-15-17-19-21-23-25-27-29-33-39-49-67(3)4)59-48-47-55-71(8)51-41-35-32-31-34-40-50-69(6)52-42-37-38-43-53-70(7)54-45-46-56-72(9)60-61-74-62-64-75(65-63-74)66-68(5)11-2/h62-65,67-73H,10-61,66H2,1-9H3. The summed E-state index contributed by atoms with van der Waals surface area (Å²) in [5, 5.41) is 0. The van der Waals surface area contributed by atoms with Gasteiger partial charge in [0.15, 0.2) is 0 Å². The molecule has 0 nitrogen and oxygen atoms in total. The van der Waals surface area contributed by atoms with Gasteiger partial charge in [-0.15, -0.1) is 0 Å². The Balaban J connectivity index is 1.87. The molecule has 6 unspecified atom stereocenters. The lowest BCUT2D eigenvalue weighted by molar-refractivity contribution is 0.359. The van der Waals surface area contributed by atoms with Gasteiger partial charge in [-0.2, -0.15) is 0 Å². The van der Waals surface area contributed by atoms with Crippen molar-refractivity contribution in [1.29, 1.82) is 0 Å². The third kappa shape index (κ3) is 51.1. The van der Waals surface area contributed by atoms with E-state index < -0.39 is 0 Å². The zero-order chi connectivity index (χ0) is 54.5. The Morgan fingerprint density at radius 1 is 0.240 bits per heavy atom. The molecule has 1 rings (SSSR count). The van der Waals surface area contributed by atoms with Crippen LogP contribution in [0.2, 0.25) is 0 Å². The molecule has 0 spiro atoms. The van der Waals surface area contributed by atoms with Crippen LogP contribution in [-0.2, 0) is 12.8 Å². The highest BCUT2D eigenvalue weighted by molar-refractivity contribution is 5.23. The fourth-order valence-electron chi connectivity index (χ4n) is 12.8. The minimum atomic E-state index is 0.794. The lowest BCUT2D eigenvalue weighted by Gasteiger charge is -2.17. The molecule has 444 valence electrons. The van der Waals surface area contributed by atoms with Crippen molar-refractivity contribution >= 4 is 0 Å². The van der Waals surface area contributed by atoms with Crippen LogP contribution in [0.25, 0.3) is 0 Å². The third-order valence-electron chi connectivity index (χ3n) is 18.8. The summed E-state index contributed by atoms with van der Waals surface area (Å²) >= 11 is 0. The van der Waals surface area contributed by atoms with Crippen LogP contribution in [0.3, 0.4) is 0 Å². The van der Waals surface area contributed by atoms with E-state index in [1.165, 1.54) is 351 Å². The van der Waals surface area contributed by atoms with Crippen LogP contribution >= 0.6 is 0 Å². The maximum atomic E-state index is 2.55. The first-order valence-electron chi connectivity index (χ1n) is 35.7. The zero-order valence-electron chi connectivity index (χ0n) is 53.8. The molecule has 0 saturated heterocycles. The molecule has 0 aliphatic carbocycles. The molecule has 0 fully saturated rings. The summed E-state index contributed by atoms with van der Waals surface area (Å²) in [6, 6.07) is 9.54. The Kier molecular flexibility index (Phi) is 53.1. The minimum absolute atomic E-state index is 0.794. The van der Waals surface area contributed by atoms with Crippen molar-refractivity contribution in [3.8, 4) is 0 Å². The number of aryl methyl sites for hydroxylation is 1. The zero-order valence-corrected chi connectivity index (χ0v) is 53.8. The molecule has 0 aromatic heterocycles. The van der Waals surface area contributed by atoms with Gasteiger partial charge in [0.05, 0.1) is 0 Å². The molecule has 0 aliphatic rings. The summed E-state index contributed by atoms with van der Waals surface area (Å²) in [7, 11) is 0. The van der Waals surface area contributed by atoms with Crippen LogP contribution in [0.4, 0.5) is 0 Å². The fourth-order valence-corrected chi connectivity index (χ4v) is 12.8. The Morgan fingerprint density at radius 3 is 0.787 bits per heavy atom. The maximum Gasteiger partial charge on any atom is -0.0253 e. The first kappa shape index (κ1) is 72.2. The number of hydrogen-bond acceptors (Lipinski definition) is 0. The van der Waals surface area contributed by atoms with E-state index in [0.29, 0.717) is 0 Å². The van der Waals surface area contributed by atoms with Crippen molar-refractivity contribution in [3.63, 3.8) is 0 Å². The second-order valence-electron chi connectivity index (χ2n) is 27.5. The third-order valence-corrected chi connectivity index (χ3v) is 18.8. The molecule has 1 aromatic carbocycles. The lowest BCUT2D eigenvalue weighted by Crippen LogP contribution is -2.02. The summed E-state index contributed by atoms with van der Waals surface area (Å²) in [6.45, 7) is 21.9. The summed E-state index contributed by atoms with van der Waals surface area (Å²) in [5.74, 6) is 6.35. The SMILES string of the molecule is CCCCC(CCCCCCCCCCCCCCCCCCCCCCCCC(C)C)CCCCC(C)CCCCCCCCC(C)CCCCCCC(C)CCCCC(C)CCc1ccc(CC(C)CC)cc1. The van der Waals surface area contributed by atoms with Crippen LogP contribution in [0, 0.1) is 41.4 Å². The van der Waals surface area contributed by atoms with Gasteiger partial charge in [0.2, 0.25) is 0 Å². The smallest absolute Gasteiger partial charge is 0.0253 e. The maximum absolute atomic E-state index is 2.55. The molecule has 0 bridgehead atoms. The van der Waals surface area contributed by atoms with Gasteiger partial charge in [-0.3, -0.25) is 0 Å². The Bertz CT molecular complexity index is 1220. The Morgan fingerprint density at radius 2 is 0.480 bits per heavy atom.